The quantitative estimate of drug-likeness (QED) is 0.352. The summed E-state index contributed by atoms with van der Waals surface area (Å²) < 4.78 is 1.87. The lowest BCUT2D eigenvalue weighted by Crippen LogP contribution is -2.34. The van der Waals surface area contributed by atoms with Crippen molar-refractivity contribution in [2.45, 2.75) is 5.16 Å². The third kappa shape index (κ3) is 1.39. The van der Waals surface area contributed by atoms with E-state index in [9.17, 15) is 4.79 Å². The highest BCUT2D eigenvalue weighted by Gasteiger charge is 2.02. The molecule has 54 valence electrons. The van der Waals surface area contributed by atoms with Crippen LogP contribution < -0.4 is 10.1 Å². The van der Waals surface area contributed by atoms with E-state index in [1.54, 1.807) is 6.20 Å². The van der Waals surface area contributed by atoms with Crippen LogP contribution in [-0.4, -0.2) is 11.2 Å². The standard InChI is InChI=1S/C6H8N2OS/c1-8-4-3-5(9)7-6(8)10-2/h3-4H,1-2H3/p+1. The zero-order valence-corrected chi connectivity index (χ0v) is 6.73. The van der Waals surface area contributed by atoms with Gasteiger partial charge in [-0.15, -0.1) is 0 Å². The van der Waals surface area contributed by atoms with Crippen LogP contribution in [0.1, 0.15) is 0 Å². The number of thioether (sulfide) groups is 1. The van der Waals surface area contributed by atoms with Gasteiger partial charge >= 0.3 is 10.7 Å². The lowest BCUT2D eigenvalue weighted by molar-refractivity contribution is -0.713. The van der Waals surface area contributed by atoms with Gasteiger partial charge in [0.1, 0.15) is 0 Å². The molecule has 0 aliphatic carbocycles. The van der Waals surface area contributed by atoms with E-state index < -0.39 is 0 Å². The second kappa shape index (κ2) is 2.88. The van der Waals surface area contributed by atoms with Crippen LogP contribution in [0.4, 0.5) is 0 Å². The van der Waals surface area contributed by atoms with E-state index >= 15 is 0 Å². The first-order valence-electron chi connectivity index (χ1n) is 2.87. The van der Waals surface area contributed by atoms with Crippen molar-refractivity contribution >= 4 is 11.8 Å². The van der Waals surface area contributed by atoms with E-state index in [0.29, 0.717) is 0 Å². The number of hydrogen-bond acceptors (Lipinski definition) is 2. The summed E-state index contributed by atoms with van der Waals surface area (Å²) in [4.78, 5) is 13.4. The van der Waals surface area contributed by atoms with Crippen LogP contribution in [0, 0.1) is 0 Å². The molecule has 1 N–H and O–H groups in total. The van der Waals surface area contributed by atoms with Crippen LogP contribution in [0.2, 0.25) is 0 Å². The van der Waals surface area contributed by atoms with Crippen molar-refractivity contribution in [3.8, 4) is 0 Å². The average molecular weight is 157 g/mol. The van der Waals surface area contributed by atoms with E-state index in [2.05, 4.69) is 4.98 Å². The fourth-order valence-electron chi connectivity index (χ4n) is 0.677. The molecule has 0 saturated carbocycles. The Morgan fingerprint density at radius 1 is 1.70 bits per heavy atom. The minimum absolute atomic E-state index is 0.0533. The molecular weight excluding hydrogens is 148 g/mol. The number of hydrogen-bond donors (Lipinski definition) is 1. The number of nitrogens with zero attached hydrogens (tertiary/aromatic N) is 1. The molecule has 1 heterocycles. The Balaban J connectivity index is 3.22. The van der Waals surface area contributed by atoms with E-state index in [0.717, 1.165) is 5.16 Å². The van der Waals surface area contributed by atoms with Crippen molar-refractivity contribution < 1.29 is 4.57 Å². The van der Waals surface area contributed by atoms with Gasteiger partial charge in [0.05, 0.1) is 19.3 Å². The molecule has 0 fully saturated rings. The smallest absolute Gasteiger partial charge is 0.241 e. The molecule has 0 aromatic carbocycles. The number of nitrogens with one attached hydrogen (secondary N) is 1. The Hall–Kier alpha value is -0.770. The van der Waals surface area contributed by atoms with Crippen LogP contribution >= 0.6 is 11.8 Å². The zero-order valence-electron chi connectivity index (χ0n) is 5.92. The molecule has 0 aliphatic heterocycles. The molecule has 0 saturated heterocycles. The maximum atomic E-state index is 10.7. The summed E-state index contributed by atoms with van der Waals surface area (Å²) in [5, 5.41) is 0.868. The summed E-state index contributed by atoms with van der Waals surface area (Å²) in [5.74, 6) is 0. The predicted molar refractivity (Wildman–Crippen MR) is 40.0 cm³/mol. The number of H-pyrrole nitrogens is 1. The zero-order chi connectivity index (χ0) is 7.56. The molecule has 0 atom stereocenters. The molecule has 0 amide bonds. The Morgan fingerprint density at radius 2 is 2.40 bits per heavy atom. The Kier molecular flexibility index (Phi) is 2.11. The highest BCUT2D eigenvalue weighted by atomic mass is 32.2. The number of aromatic nitrogens is 2. The number of rotatable bonds is 1. The van der Waals surface area contributed by atoms with Gasteiger partial charge in [-0.2, -0.15) is 0 Å². The molecule has 4 heteroatoms. The van der Waals surface area contributed by atoms with Gasteiger partial charge in [-0.05, 0) is 18.0 Å². The van der Waals surface area contributed by atoms with Crippen LogP contribution in [-0.2, 0) is 7.05 Å². The third-order valence-corrected chi connectivity index (χ3v) is 1.97. The van der Waals surface area contributed by atoms with Crippen LogP contribution in [0.15, 0.2) is 22.2 Å². The molecule has 1 aromatic heterocycles. The largest absolute Gasteiger partial charge is 0.335 e. The molecule has 0 unspecified atom stereocenters. The highest BCUT2D eigenvalue weighted by molar-refractivity contribution is 7.98. The summed E-state index contributed by atoms with van der Waals surface area (Å²) in [5.41, 5.74) is -0.0533. The van der Waals surface area contributed by atoms with Crippen LogP contribution in [0.5, 0.6) is 0 Å². The van der Waals surface area contributed by atoms with Gasteiger partial charge < -0.3 is 0 Å². The van der Waals surface area contributed by atoms with Crippen molar-refractivity contribution in [2.24, 2.45) is 7.05 Å². The molecule has 10 heavy (non-hydrogen) atoms. The predicted octanol–water partition coefficient (Wildman–Crippen LogP) is -0.0787. The molecule has 0 spiro atoms. The monoisotopic (exact) mass is 157 g/mol. The molecule has 1 rings (SSSR count). The average Bonchev–Trinajstić information content (AvgIpc) is 1.94. The second-order valence-corrected chi connectivity index (χ2v) is 2.72. The summed E-state index contributed by atoms with van der Waals surface area (Å²) in [6.07, 6.45) is 3.66. The minimum atomic E-state index is -0.0533. The van der Waals surface area contributed by atoms with Gasteiger partial charge in [0.15, 0.2) is 0 Å². The molecule has 0 bridgehead atoms. The summed E-state index contributed by atoms with van der Waals surface area (Å²) >= 11 is 1.52. The first-order valence-corrected chi connectivity index (χ1v) is 4.09. The molecule has 0 aliphatic rings. The first-order chi connectivity index (χ1) is 4.74. The van der Waals surface area contributed by atoms with E-state index in [1.807, 2.05) is 17.9 Å². The number of aromatic amines is 1. The third-order valence-electron chi connectivity index (χ3n) is 1.19. The molecule has 3 nitrogen and oxygen atoms in total. The van der Waals surface area contributed by atoms with E-state index in [4.69, 9.17) is 0 Å². The van der Waals surface area contributed by atoms with Crippen LogP contribution in [0.3, 0.4) is 0 Å². The van der Waals surface area contributed by atoms with Crippen molar-refractivity contribution in [2.75, 3.05) is 6.26 Å². The lowest BCUT2D eigenvalue weighted by atomic mass is 10.6. The first kappa shape index (κ1) is 7.34. The lowest BCUT2D eigenvalue weighted by Gasteiger charge is -1.92. The second-order valence-electron chi connectivity index (χ2n) is 1.93. The van der Waals surface area contributed by atoms with Crippen molar-refractivity contribution in [1.82, 2.24) is 4.98 Å². The number of aryl methyl sites for hydroxylation is 1. The SMILES string of the molecule is CSc1[nH]c(=O)cc[n+]1C. The Labute approximate surface area is 63.1 Å². The molecule has 0 radical (unpaired) electrons. The van der Waals surface area contributed by atoms with Gasteiger partial charge in [0.2, 0.25) is 0 Å². The van der Waals surface area contributed by atoms with Crippen molar-refractivity contribution in [3.63, 3.8) is 0 Å². The van der Waals surface area contributed by atoms with E-state index in [-0.39, 0.29) is 5.56 Å². The normalized spacial score (nSPS) is 9.80. The van der Waals surface area contributed by atoms with Gasteiger partial charge in [0, 0.05) is 0 Å². The van der Waals surface area contributed by atoms with E-state index in [1.165, 1.54) is 17.8 Å². The minimum Gasteiger partial charge on any atom is -0.241 e. The summed E-state index contributed by atoms with van der Waals surface area (Å²) in [6.45, 7) is 0. The van der Waals surface area contributed by atoms with Gasteiger partial charge in [-0.25, -0.2) is 14.3 Å². The maximum Gasteiger partial charge on any atom is 0.335 e. The summed E-state index contributed by atoms with van der Waals surface area (Å²) in [6, 6.07) is 1.50. The Morgan fingerprint density at radius 3 is 2.90 bits per heavy atom. The summed E-state index contributed by atoms with van der Waals surface area (Å²) in [7, 11) is 1.89. The molecular formula is C6H9N2OS+. The molecule has 1 aromatic rings. The fraction of sp³-hybridized carbons (Fsp3) is 0.333. The Bertz CT molecular complexity index is 281. The van der Waals surface area contributed by atoms with Crippen LogP contribution in [0.25, 0.3) is 0 Å². The fourth-order valence-corrected chi connectivity index (χ4v) is 1.23. The van der Waals surface area contributed by atoms with Crippen molar-refractivity contribution in [3.05, 3.63) is 22.6 Å². The van der Waals surface area contributed by atoms with Crippen molar-refractivity contribution in [1.29, 1.82) is 0 Å². The van der Waals surface area contributed by atoms with Gasteiger partial charge in [-0.1, -0.05) is 0 Å². The topological polar surface area (TPSA) is 36.7 Å². The maximum absolute atomic E-state index is 10.7. The van der Waals surface area contributed by atoms with Gasteiger partial charge in [0.25, 0.3) is 0 Å². The highest BCUT2D eigenvalue weighted by Crippen LogP contribution is 1.99. The van der Waals surface area contributed by atoms with Gasteiger partial charge in [-0.3, -0.25) is 0 Å².